The quantitative estimate of drug-likeness (QED) is 0.165. The van der Waals surface area contributed by atoms with E-state index in [9.17, 15) is 62.9 Å². The number of halogens is 30. The summed E-state index contributed by atoms with van der Waals surface area (Å²) >= 11 is 0. The fourth-order valence-electron chi connectivity index (χ4n) is 9.17. The van der Waals surface area contributed by atoms with Crippen LogP contribution in [0.1, 0.15) is 6.42 Å². The zero-order valence-corrected chi connectivity index (χ0v) is 28.1. The second-order valence-corrected chi connectivity index (χ2v) is 15.0. The smallest absolute Gasteiger partial charge is 0.339 e. The van der Waals surface area contributed by atoms with Crippen molar-refractivity contribution >= 4 is 0 Å². The van der Waals surface area contributed by atoms with Gasteiger partial charge >= 0.3 is 105 Å². The van der Waals surface area contributed by atoms with E-state index in [4.69, 9.17) is 0 Å². The van der Waals surface area contributed by atoms with Gasteiger partial charge in [0.2, 0.25) is 0 Å². The first kappa shape index (κ1) is 49.1. The van der Waals surface area contributed by atoms with Crippen LogP contribution in [0, 0.1) is 0 Å². The third-order valence-electron chi connectivity index (χ3n) is 12.3. The highest BCUT2D eigenvalue weighted by atomic mass is 19.4. The first-order valence-corrected chi connectivity index (χ1v) is 15.9. The predicted molar refractivity (Wildman–Crippen MR) is 127 cm³/mol. The van der Waals surface area contributed by atoms with Crippen molar-refractivity contribution < 1.29 is 156 Å². The maximum atomic E-state index is 15.2. The van der Waals surface area contributed by atoms with Gasteiger partial charge in [0.1, 0.15) is 6.10 Å². The molecule has 0 aromatic carbocycles. The molecule has 8 aliphatic rings. The van der Waals surface area contributed by atoms with Gasteiger partial charge in [0, 0.05) is 6.61 Å². The van der Waals surface area contributed by atoms with Gasteiger partial charge in [-0.1, -0.05) is 0 Å². The van der Waals surface area contributed by atoms with E-state index in [1.807, 2.05) is 0 Å². The van der Waals surface area contributed by atoms with Gasteiger partial charge in [-0.25, -0.2) is 26.3 Å². The van der Waals surface area contributed by atoms with Crippen LogP contribution in [0.25, 0.3) is 0 Å². The molecular formula is C27H14F30O5. The van der Waals surface area contributed by atoms with Gasteiger partial charge in [-0.15, -0.1) is 0 Å². The monoisotopic (exact) mass is 988 g/mol. The zero-order chi connectivity index (χ0) is 48.8. The highest BCUT2D eigenvalue weighted by Gasteiger charge is 3.25. The molecule has 2 N–H and O–H groups in total. The van der Waals surface area contributed by atoms with Crippen molar-refractivity contribution in [3.63, 3.8) is 0 Å². The highest BCUT2D eigenvalue weighted by molar-refractivity contribution is 5.56. The molecule has 35 heteroatoms. The molecule has 8 fully saturated rings. The Kier molecular flexibility index (Phi) is 8.93. The molecule has 0 heterocycles. The first-order chi connectivity index (χ1) is 27.0. The fraction of sp³-hybridized carbons (Fsp3) is 1.00. The predicted octanol–water partition coefficient (Wildman–Crippen LogP) is 7.58. The Balaban J connectivity index is 1.21. The maximum Gasteiger partial charge on any atom is 0.339 e. The Labute approximate surface area is 318 Å². The molecule has 0 radical (unpaired) electrons. The summed E-state index contributed by atoms with van der Waals surface area (Å²) in [4.78, 5) is 0. The fourth-order valence-corrected chi connectivity index (χ4v) is 9.17. The van der Waals surface area contributed by atoms with Crippen LogP contribution in [-0.2, 0) is 14.2 Å². The van der Waals surface area contributed by atoms with Crippen LogP contribution >= 0.6 is 0 Å². The Morgan fingerprint density at radius 3 is 0.677 bits per heavy atom. The molecule has 0 aromatic rings. The topological polar surface area (TPSA) is 68.2 Å². The van der Waals surface area contributed by atoms with Gasteiger partial charge < -0.3 is 24.4 Å². The van der Waals surface area contributed by atoms with E-state index < -0.39 is 161 Å². The number of ether oxygens (including phenoxy) is 3. The molecule has 8 rings (SSSR count). The van der Waals surface area contributed by atoms with Gasteiger partial charge in [0.25, 0.3) is 11.2 Å². The molecule has 2 atom stereocenters. The summed E-state index contributed by atoms with van der Waals surface area (Å²) in [5.41, 5.74) is -63.6. The third kappa shape index (κ3) is 3.43. The van der Waals surface area contributed by atoms with E-state index in [0.29, 0.717) is 0 Å². The first-order valence-electron chi connectivity index (χ1n) is 15.9. The molecule has 362 valence electrons. The van der Waals surface area contributed by atoms with Crippen molar-refractivity contribution in [1.29, 1.82) is 0 Å². The molecule has 8 bridgehead atoms. The van der Waals surface area contributed by atoms with E-state index in [-0.39, 0.29) is 0 Å². The Morgan fingerprint density at radius 1 is 0.274 bits per heavy atom. The van der Waals surface area contributed by atoms with Gasteiger partial charge in [0.05, 0.1) is 25.9 Å². The van der Waals surface area contributed by atoms with Crippen LogP contribution < -0.4 is 0 Å². The number of hydrogen-bond donors (Lipinski definition) is 2. The van der Waals surface area contributed by atoms with E-state index >= 15 is 79.0 Å². The molecule has 8 saturated carbocycles. The lowest BCUT2D eigenvalue weighted by Crippen LogP contribution is -3.10. The molecule has 0 aliphatic heterocycles. The molecule has 2 unspecified atom stereocenters. The van der Waals surface area contributed by atoms with Crippen LogP contribution in [0.4, 0.5) is 132 Å². The summed E-state index contributed by atoms with van der Waals surface area (Å²) in [5, 5.41) is 19.6. The average molecular weight is 988 g/mol. The van der Waals surface area contributed by atoms with Crippen LogP contribution in [0.15, 0.2) is 0 Å². The van der Waals surface area contributed by atoms with E-state index in [1.165, 1.54) is 0 Å². The normalized spacial score (nSPS) is 48.2. The summed E-state index contributed by atoms with van der Waals surface area (Å²) in [6.07, 6.45) is -8.41. The summed E-state index contributed by atoms with van der Waals surface area (Å²) in [6, 6.07) is 0. The second kappa shape index (κ2) is 11.3. The number of aliphatic hydroxyl groups is 2. The molecule has 0 saturated heterocycles. The highest BCUT2D eigenvalue weighted by Crippen LogP contribution is 2.91. The van der Waals surface area contributed by atoms with Crippen molar-refractivity contribution in [2.24, 2.45) is 0 Å². The van der Waals surface area contributed by atoms with E-state index in [1.54, 1.807) is 0 Å². The van der Waals surface area contributed by atoms with Crippen molar-refractivity contribution in [3.05, 3.63) is 0 Å². The number of aliphatic hydroxyl groups excluding tert-OH is 2. The molecule has 8 aliphatic carbocycles. The minimum Gasteiger partial charge on any atom is -0.391 e. The lowest BCUT2D eigenvalue weighted by Gasteiger charge is -2.74. The standard InChI is InChI=1S/C27H14F30O5/c28-8-16(34,35)9(29)18(38,39)10(30,17(8,36)37)24(50,51)14(22(8,46)47,23(9,48)49)61-4-6(58)1-2-60-3-7(59)5-62-15-25(52,53)11(31)19(40,41)12(32,26(15,54)55)21(44,45)13(33,20(11,42)43)27(15,56)57/h6-7,58-59H,1-5H2. The summed E-state index contributed by atoms with van der Waals surface area (Å²) in [5.74, 6) is -97.7. The molecule has 0 aromatic heterocycles. The molecule has 0 spiro atoms. The zero-order valence-electron chi connectivity index (χ0n) is 28.1. The van der Waals surface area contributed by atoms with Crippen molar-refractivity contribution in [3.8, 4) is 0 Å². The van der Waals surface area contributed by atoms with Gasteiger partial charge in [-0.2, -0.15) is 105 Å². The third-order valence-corrected chi connectivity index (χ3v) is 12.3. The van der Waals surface area contributed by atoms with Gasteiger partial charge in [-0.05, 0) is 6.42 Å². The number of alkyl halides is 30. The number of rotatable bonds is 11. The maximum absolute atomic E-state index is 15.2. The van der Waals surface area contributed by atoms with Gasteiger partial charge in [0.15, 0.2) is 0 Å². The van der Waals surface area contributed by atoms with Crippen molar-refractivity contribution in [2.75, 3.05) is 26.4 Å². The summed E-state index contributed by atoms with van der Waals surface area (Å²) in [7, 11) is 0. The number of hydrogen-bond acceptors (Lipinski definition) is 5. The largest absolute Gasteiger partial charge is 0.391 e. The Hall–Kier alpha value is -2.30. The summed E-state index contributed by atoms with van der Waals surface area (Å²) in [6.45, 7) is -9.77. The summed E-state index contributed by atoms with van der Waals surface area (Å²) < 4.78 is 458. The minimum absolute atomic E-state index is 1.73. The van der Waals surface area contributed by atoms with E-state index in [2.05, 4.69) is 14.2 Å². The SMILES string of the molecule is OC(CCOCC(O)COC12C(F)(F)C3(F)C(F)(F)C(F)(C(F)(F)C(F)(C3(F)F)C1(F)F)C2(F)F)COC12C(F)(F)C3(F)C(F)(F)C(F)(C(F)(F)C(F)(C3(F)F)C1(F)F)C2(F)F. The van der Waals surface area contributed by atoms with Crippen LogP contribution in [0.2, 0.25) is 0 Å². The molecule has 62 heavy (non-hydrogen) atoms. The van der Waals surface area contributed by atoms with Crippen LogP contribution in [-0.4, -0.2) is 165 Å². The molecule has 0 amide bonds. The minimum atomic E-state index is -8.21. The lowest BCUT2D eigenvalue weighted by atomic mass is 9.40. The Bertz CT molecular complexity index is 1560. The molecule has 5 nitrogen and oxygen atoms in total. The van der Waals surface area contributed by atoms with Crippen molar-refractivity contribution in [1.82, 2.24) is 0 Å². The Morgan fingerprint density at radius 2 is 0.468 bits per heavy atom. The second-order valence-electron chi connectivity index (χ2n) is 15.0. The lowest BCUT2D eigenvalue weighted by molar-refractivity contribution is -0.619. The van der Waals surface area contributed by atoms with E-state index in [0.717, 1.165) is 0 Å². The van der Waals surface area contributed by atoms with Crippen molar-refractivity contribution in [2.45, 2.75) is 135 Å². The van der Waals surface area contributed by atoms with Crippen LogP contribution in [0.5, 0.6) is 0 Å². The van der Waals surface area contributed by atoms with Crippen LogP contribution in [0.3, 0.4) is 0 Å². The molecular weight excluding hydrogens is 974 g/mol. The van der Waals surface area contributed by atoms with Gasteiger partial charge in [-0.3, -0.25) is 0 Å². The average Bonchev–Trinajstić information content (AvgIpc) is 3.10.